The molecule has 0 saturated heterocycles. The minimum Gasteiger partial charge on any atom is -0.309 e. The zero-order valence-corrected chi connectivity index (χ0v) is 27.2. The highest BCUT2D eigenvalue weighted by Gasteiger charge is 2.46. The number of para-hydroxylation sites is 3. The van der Waals surface area contributed by atoms with Crippen LogP contribution in [-0.2, 0) is 5.41 Å². The fourth-order valence-electron chi connectivity index (χ4n) is 8.24. The van der Waals surface area contributed by atoms with Crippen molar-refractivity contribution in [1.82, 2.24) is 14.5 Å². The molecule has 1 atom stereocenters. The van der Waals surface area contributed by atoms with Gasteiger partial charge in [-0.3, -0.25) is 0 Å². The minimum atomic E-state index is -0.650. The van der Waals surface area contributed by atoms with Crippen LogP contribution in [0.3, 0.4) is 0 Å². The van der Waals surface area contributed by atoms with Gasteiger partial charge in [-0.25, -0.2) is 9.97 Å². The molecule has 2 aromatic heterocycles. The largest absolute Gasteiger partial charge is 0.309 e. The average molecular weight is 638 g/mol. The Balaban J connectivity index is 1.35. The summed E-state index contributed by atoms with van der Waals surface area (Å²) < 4.78 is 2.48. The molecule has 3 nitrogen and oxygen atoms in total. The Morgan fingerprint density at radius 2 is 1.00 bits per heavy atom. The number of nitrogens with zero attached hydrogens (tertiary/aromatic N) is 3. The molecule has 0 amide bonds. The van der Waals surface area contributed by atoms with Crippen molar-refractivity contribution in [3.8, 4) is 39.6 Å². The van der Waals surface area contributed by atoms with Crippen LogP contribution in [-0.4, -0.2) is 14.5 Å². The van der Waals surface area contributed by atoms with Crippen LogP contribution in [0.4, 0.5) is 0 Å². The second-order valence-electron chi connectivity index (χ2n) is 12.9. The Kier molecular flexibility index (Phi) is 6.40. The van der Waals surface area contributed by atoms with Gasteiger partial charge in [-0.15, -0.1) is 0 Å². The summed E-state index contributed by atoms with van der Waals surface area (Å²) in [6.45, 7) is 0. The van der Waals surface area contributed by atoms with E-state index in [2.05, 4.69) is 168 Å². The highest BCUT2D eigenvalue weighted by atomic mass is 15.0. The van der Waals surface area contributed by atoms with E-state index in [1.165, 1.54) is 49.7 Å². The summed E-state index contributed by atoms with van der Waals surface area (Å²) in [6, 6.07) is 67.3. The number of fused-ring (bicyclic) bond motifs is 5. The van der Waals surface area contributed by atoms with Crippen molar-refractivity contribution in [2.75, 3.05) is 0 Å². The van der Waals surface area contributed by atoms with Crippen molar-refractivity contribution in [3.63, 3.8) is 0 Å². The molecule has 10 rings (SSSR count). The summed E-state index contributed by atoms with van der Waals surface area (Å²) in [7, 11) is 0. The fraction of sp³-hybridized carbons (Fsp3) is 0.0213. The van der Waals surface area contributed by atoms with Gasteiger partial charge in [-0.1, -0.05) is 170 Å². The number of benzene rings is 7. The van der Waals surface area contributed by atoms with Gasteiger partial charge in [0.15, 0.2) is 5.82 Å². The summed E-state index contributed by atoms with van der Waals surface area (Å²) in [5, 5.41) is 2.51. The number of hydrogen-bond acceptors (Lipinski definition) is 2. The molecule has 0 aliphatic carbocycles. The van der Waals surface area contributed by atoms with Crippen LogP contribution in [0.15, 0.2) is 188 Å². The Labute approximate surface area is 290 Å². The Bertz CT molecular complexity index is 2640. The van der Waals surface area contributed by atoms with Crippen LogP contribution in [0.25, 0.3) is 61.4 Å². The highest BCUT2D eigenvalue weighted by molar-refractivity contribution is 6.12. The van der Waals surface area contributed by atoms with E-state index in [-0.39, 0.29) is 0 Å². The summed E-state index contributed by atoms with van der Waals surface area (Å²) in [6.07, 6.45) is 0. The highest BCUT2D eigenvalue weighted by Crippen LogP contribution is 2.55. The molecule has 234 valence electrons. The lowest BCUT2D eigenvalue weighted by atomic mass is 9.62. The van der Waals surface area contributed by atoms with E-state index >= 15 is 0 Å². The Morgan fingerprint density at radius 3 is 1.80 bits per heavy atom. The zero-order valence-electron chi connectivity index (χ0n) is 27.2. The van der Waals surface area contributed by atoms with Crippen LogP contribution < -0.4 is 0 Å². The van der Waals surface area contributed by atoms with Gasteiger partial charge in [0.25, 0.3) is 0 Å². The molecule has 0 bridgehead atoms. The van der Waals surface area contributed by atoms with Gasteiger partial charge in [0, 0.05) is 27.5 Å². The smallest absolute Gasteiger partial charge is 0.160 e. The van der Waals surface area contributed by atoms with Crippen LogP contribution in [0.2, 0.25) is 0 Å². The maximum atomic E-state index is 5.35. The van der Waals surface area contributed by atoms with Gasteiger partial charge >= 0.3 is 0 Å². The van der Waals surface area contributed by atoms with E-state index < -0.39 is 5.41 Å². The van der Waals surface area contributed by atoms with Gasteiger partial charge in [-0.2, -0.15) is 0 Å². The summed E-state index contributed by atoms with van der Waals surface area (Å²) in [4.78, 5) is 10.5. The van der Waals surface area contributed by atoms with Gasteiger partial charge in [-0.05, 0) is 40.5 Å². The van der Waals surface area contributed by atoms with Crippen LogP contribution in [0.1, 0.15) is 22.3 Å². The average Bonchev–Trinajstić information content (AvgIpc) is 3.55. The van der Waals surface area contributed by atoms with E-state index in [0.717, 1.165) is 28.1 Å². The SMILES string of the molecule is c1ccc(-c2cc(-c3ccccc3C3(c4ccccc4)c4ccccc4-n4c5ccccc5c5cccc3c54)nc(-c3ccccc3)n2)cc1. The van der Waals surface area contributed by atoms with Crippen molar-refractivity contribution in [2.24, 2.45) is 0 Å². The lowest BCUT2D eigenvalue weighted by Crippen LogP contribution is -2.36. The molecule has 3 heteroatoms. The Morgan fingerprint density at radius 1 is 0.420 bits per heavy atom. The maximum absolute atomic E-state index is 5.35. The molecule has 0 fully saturated rings. The van der Waals surface area contributed by atoms with Gasteiger partial charge in [0.05, 0.1) is 33.5 Å². The predicted octanol–water partition coefficient (Wildman–Crippen LogP) is 11.3. The van der Waals surface area contributed by atoms with Crippen LogP contribution in [0, 0.1) is 0 Å². The molecule has 1 aliphatic rings. The minimum absolute atomic E-state index is 0.650. The lowest BCUT2D eigenvalue weighted by Gasteiger charge is -2.42. The quantitative estimate of drug-likeness (QED) is 0.188. The molecule has 0 radical (unpaired) electrons. The summed E-state index contributed by atoms with van der Waals surface area (Å²) >= 11 is 0. The van der Waals surface area contributed by atoms with Crippen molar-refractivity contribution >= 4 is 21.8 Å². The maximum Gasteiger partial charge on any atom is 0.160 e. The molecule has 0 N–H and O–H groups in total. The lowest BCUT2D eigenvalue weighted by molar-refractivity contribution is 0.729. The van der Waals surface area contributed by atoms with Crippen molar-refractivity contribution in [3.05, 3.63) is 210 Å². The first-order chi connectivity index (χ1) is 24.8. The van der Waals surface area contributed by atoms with Gasteiger partial charge < -0.3 is 4.57 Å². The van der Waals surface area contributed by atoms with Gasteiger partial charge in [0.1, 0.15) is 0 Å². The van der Waals surface area contributed by atoms with Crippen LogP contribution >= 0.6 is 0 Å². The van der Waals surface area contributed by atoms with E-state index in [1.54, 1.807) is 0 Å². The molecule has 50 heavy (non-hydrogen) atoms. The van der Waals surface area contributed by atoms with Crippen molar-refractivity contribution in [2.45, 2.75) is 5.41 Å². The zero-order chi connectivity index (χ0) is 33.1. The number of hydrogen-bond donors (Lipinski definition) is 0. The van der Waals surface area contributed by atoms with Crippen molar-refractivity contribution < 1.29 is 0 Å². The first-order valence-electron chi connectivity index (χ1n) is 17.1. The molecule has 1 unspecified atom stereocenters. The third kappa shape index (κ3) is 4.10. The number of rotatable bonds is 5. The monoisotopic (exact) mass is 637 g/mol. The third-order valence-corrected chi connectivity index (χ3v) is 10.3. The van der Waals surface area contributed by atoms with Crippen LogP contribution in [0.5, 0.6) is 0 Å². The molecule has 0 saturated carbocycles. The van der Waals surface area contributed by atoms with E-state index in [4.69, 9.17) is 9.97 Å². The molecule has 3 heterocycles. The predicted molar refractivity (Wildman–Crippen MR) is 205 cm³/mol. The summed E-state index contributed by atoms with van der Waals surface area (Å²) in [5.41, 5.74) is 12.8. The third-order valence-electron chi connectivity index (χ3n) is 10.3. The van der Waals surface area contributed by atoms with Gasteiger partial charge in [0.2, 0.25) is 0 Å². The second kappa shape index (κ2) is 11.3. The Hall–Kier alpha value is -6.58. The fourth-order valence-corrected chi connectivity index (χ4v) is 8.24. The number of aromatic nitrogens is 3. The standard InChI is InChI=1S/C47H31N3/c1-4-17-32(18-5-1)41-31-42(49-46(48-41)33-19-6-2-7-20-33)37-24-10-12-26-38(37)47(34-21-8-3-9-22-34)39-27-13-15-30-44(39)50-43-29-14-11-23-35(43)36-25-16-28-40(47)45(36)50/h1-31H. The first kappa shape index (κ1) is 28.4. The topological polar surface area (TPSA) is 30.7 Å². The van der Waals surface area contributed by atoms with E-state index in [9.17, 15) is 0 Å². The first-order valence-corrected chi connectivity index (χ1v) is 17.1. The molecular formula is C47H31N3. The summed E-state index contributed by atoms with van der Waals surface area (Å²) in [5.74, 6) is 0.705. The molecular weight excluding hydrogens is 607 g/mol. The molecule has 7 aromatic carbocycles. The normalized spacial score (nSPS) is 14.9. The molecule has 1 aliphatic heterocycles. The van der Waals surface area contributed by atoms with E-state index in [1.807, 2.05) is 24.3 Å². The molecule has 0 spiro atoms. The van der Waals surface area contributed by atoms with Crippen molar-refractivity contribution in [1.29, 1.82) is 0 Å². The molecule has 9 aromatic rings. The second-order valence-corrected chi connectivity index (χ2v) is 12.9. The van der Waals surface area contributed by atoms with E-state index in [0.29, 0.717) is 5.82 Å².